The molecule has 0 rings (SSSR count). The van der Waals surface area contributed by atoms with Gasteiger partial charge in [-0.25, -0.2) is 3.53 Å². The third-order valence-corrected chi connectivity index (χ3v) is 2.86. The maximum absolute atomic E-state index is 10.9. The second-order valence-corrected chi connectivity index (χ2v) is 3.94. The Morgan fingerprint density at radius 2 is 2.18 bits per heavy atom. The highest BCUT2D eigenvalue weighted by Crippen LogP contribution is 2.06. The van der Waals surface area contributed by atoms with Gasteiger partial charge in [0.25, 0.3) is 0 Å². The lowest BCUT2D eigenvalue weighted by Crippen LogP contribution is -2.26. The molecule has 11 heavy (non-hydrogen) atoms. The predicted molar refractivity (Wildman–Crippen MR) is 62.9 cm³/mol. The van der Waals surface area contributed by atoms with E-state index in [4.69, 9.17) is 5.73 Å². The highest BCUT2D eigenvalue weighted by molar-refractivity contribution is 14.1. The highest BCUT2D eigenvalue weighted by Gasteiger charge is 2.12. The van der Waals surface area contributed by atoms with E-state index >= 15 is 0 Å². The Balaban J connectivity index is 3.44. The summed E-state index contributed by atoms with van der Waals surface area (Å²) in [5, 5.41) is 0. The fourth-order valence-electron chi connectivity index (χ4n) is 0.704. The largest absolute Gasteiger partial charge is 0.330 e. The number of nitrogens with two attached hydrogens (primary N) is 1. The van der Waals surface area contributed by atoms with Crippen LogP contribution in [-0.4, -0.2) is 16.4 Å². The molecule has 0 aromatic rings. The lowest BCUT2D eigenvalue weighted by molar-refractivity contribution is -0.110. The number of hydrogen-bond acceptors (Lipinski definition) is 3. The van der Waals surface area contributed by atoms with Gasteiger partial charge in [-0.1, -0.05) is 6.42 Å². The zero-order chi connectivity index (χ0) is 8.69. The van der Waals surface area contributed by atoms with E-state index in [1.165, 1.54) is 0 Å². The Morgan fingerprint density at radius 1 is 1.55 bits per heavy atom. The molecule has 0 heterocycles. The lowest BCUT2D eigenvalue weighted by atomic mass is 10.1. The molecule has 0 spiro atoms. The van der Waals surface area contributed by atoms with E-state index in [-0.39, 0.29) is 9.83 Å². The summed E-state index contributed by atoms with van der Waals surface area (Å²) < 4.78 is 3.11. The monoisotopic (exact) mass is 382 g/mol. The number of nitrogens with one attached hydrogen (secondary N) is 1. The van der Waals surface area contributed by atoms with Crippen molar-refractivity contribution in [1.82, 2.24) is 3.53 Å². The van der Waals surface area contributed by atoms with Crippen molar-refractivity contribution in [2.45, 2.75) is 25.3 Å². The third kappa shape index (κ3) is 6.23. The van der Waals surface area contributed by atoms with Crippen LogP contribution in [0.25, 0.3) is 0 Å². The van der Waals surface area contributed by atoms with Crippen molar-refractivity contribution in [2.75, 3.05) is 6.54 Å². The van der Waals surface area contributed by atoms with Crippen molar-refractivity contribution < 1.29 is 4.79 Å². The van der Waals surface area contributed by atoms with Crippen LogP contribution in [0.3, 0.4) is 0 Å². The number of hydrogen-bond donors (Lipinski definition) is 2. The van der Waals surface area contributed by atoms with Crippen molar-refractivity contribution in [3.8, 4) is 0 Å². The Kier molecular flexibility index (Phi) is 8.42. The summed E-state index contributed by atoms with van der Waals surface area (Å²) >= 11 is 3.83. The van der Waals surface area contributed by atoms with E-state index in [2.05, 4.69) is 3.53 Å². The van der Waals surface area contributed by atoms with Gasteiger partial charge < -0.3 is 5.73 Å². The molecule has 1 unspecified atom stereocenters. The molecule has 3 nitrogen and oxygen atoms in total. The quantitative estimate of drug-likeness (QED) is 0.316. The first-order valence-electron chi connectivity index (χ1n) is 3.48. The Morgan fingerprint density at radius 3 is 2.55 bits per heavy atom. The molecule has 0 fully saturated rings. The molecule has 0 saturated carbocycles. The lowest BCUT2D eigenvalue weighted by Gasteiger charge is -2.08. The molecule has 0 radical (unpaired) electrons. The van der Waals surface area contributed by atoms with Crippen LogP contribution < -0.4 is 9.26 Å². The van der Waals surface area contributed by atoms with Gasteiger partial charge in [-0.3, -0.25) is 4.79 Å². The van der Waals surface area contributed by atoms with Gasteiger partial charge in [0, 0.05) is 45.5 Å². The van der Waals surface area contributed by atoms with E-state index in [1.807, 2.05) is 45.5 Å². The van der Waals surface area contributed by atoms with E-state index in [0.29, 0.717) is 6.54 Å². The number of unbranched alkanes of at least 4 members (excludes halogenated alkanes) is 1. The van der Waals surface area contributed by atoms with Crippen molar-refractivity contribution in [3.05, 3.63) is 0 Å². The molecule has 0 bridgehead atoms. The molecule has 0 aromatic heterocycles. The smallest absolute Gasteiger partial charge is 0.209 e. The molecule has 0 aliphatic carbocycles. The first-order chi connectivity index (χ1) is 5.22. The van der Waals surface area contributed by atoms with Crippen LogP contribution in [0, 0.1) is 0 Å². The van der Waals surface area contributed by atoms with Crippen LogP contribution >= 0.6 is 45.5 Å². The van der Waals surface area contributed by atoms with Crippen molar-refractivity contribution in [3.63, 3.8) is 0 Å². The summed E-state index contributed by atoms with van der Waals surface area (Å²) in [6.45, 7) is 0.712. The van der Waals surface area contributed by atoms with Crippen LogP contribution in [0.5, 0.6) is 0 Å². The first-order valence-corrected chi connectivity index (χ1v) is 5.63. The molecule has 0 aliphatic heterocycles. The van der Waals surface area contributed by atoms with E-state index < -0.39 is 0 Å². The molecule has 0 saturated heterocycles. The molecule has 5 heteroatoms. The molecular formula is C6H12I2N2O. The van der Waals surface area contributed by atoms with Gasteiger partial charge in [0.2, 0.25) is 3.79 Å². The summed E-state index contributed by atoms with van der Waals surface area (Å²) in [4.78, 5) is 10.9. The predicted octanol–water partition coefficient (Wildman–Crippen LogP) is 1.39. The van der Waals surface area contributed by atoms with Gasteiger partial charge in [-0.15, -0.1) is 0 Å². The van der Waals surface area contributed by atoms with E-state index in [9.17, 15) is 4.79 Å². The first kappa shape index (κ1) is 12.0. The van der Waals surface area contributed by atoms with Gasteiger partial charge in [0.05, 0.1) is 6.04 Å². The fraction of sp³-hybridized carbons (Fsp3) is 0.833. The molecule has 0 aromatic carbocycles. The molecular weight excluding hydrogens is 370 g/mol. The van der Waals surface area contributed by atoms with Crippen molar-refractivity contribution in [2.24, 2.45) is 5.73 Å². The number of rotatable bonds is 6. The van der Waals surface area contributed by atoms with Crippen LogP contribution in [0.4, 0.5) is 0 Å². The van der Waals surface area contributed by atoms with E-state index in [0.717, 1.165) is 19.3 Å². The average Bonchev–Trinajstić information content (AvgIpc) is 1.97. The minimum absolute atomic E-state index is 0.00255. The maximum Gasteiger partial charge on any atom is 0.209 e. The average molecular weight is 382 g/mol. The summed E-state index contributed by atoms with van der Waals surface area (Å²) in [6.07, 6.45) is 2.91. The highest BCUT2D eigenvalue weighted by atomic mass is 127. The Hall–Kier alpha value is 1.05. The number of halogens is 2. The Bertz CT molecular complexity index is 121. The molecule has 1 atom stereocenters. The SMILES string of the molecule is NCCCCC(NI)C(=O)I. The fourth-order valence-corrected chi connectivity index (χ4v) is 2.36. The van der Waals surface area contributed by atoms with Gasteiger partial charge in [-0.2, -0.15) is 0 Å². The normalized spacial score (nSPS) is 13.0. The minimum Gasteiger partial charge on any atom is -0.330 e. The summed E-state index contributed by atoms with van der Waals surface area (Å²) in [6, 6.07) is 0.00255. The van der Waals surface area contributed by atoms with Crippen LogP contribution in [0.15, 0.2) is 0 Å². The van der Waals surface area contributed by atoms with Crippen LogP contribution in [0.1, 0.15) is 19.3 Å². The molecule has 0 aliphatic rings. The van der Waals surface area contributed by atoms with Crippen LogP contribution in [-0.2, 0) is 4.79 Å². The minimum atomic E-state index is 0.00255. The standard InChI is InChI=1S/C6H12I2N2O/c7-6(11)5(10-8)3-1-2-4-9/h5,10H,1-4,9H2. The number of carbonyl (C=O) groups excluding carboxylic acids is 1. The summed E-state index contributed by atoms with van der Waals surface area (Å²) in [5.74, 6) is 0. The zero-order valence-corrected chi connectivity index (χ0v) is 10.5. The van der Waals surface area contributed by atoms with Gasteiger partial charge >= 0.3 is 0 Å². The van der Waals surface area contributed by atoms with E-state index in [1.54, 1.807) is 0 Å². The topological polar surface area (TPSA) is 55.1 Å². The van der Waals surface area contributed by atoms with Gasteiger partial charge in [0.15, 0.2) is 0 Å². The molecule has 0 amide bonds. The van der Waals surface area contributed by atoms with Crippen LogP contribution in [0.2, 0.25) is 0 Å². The van der Waals surface area contributed by atoms with Gasteiger partial charge in [0.1, 0.15) is 0 Å². The Labute approximate surface area is 94.5 Å². The van der Waals surface area contributed by atoms with Crippen molar-refractivity contribution in [1.29, 1.82) is 0 Å². The number of carbonyl (C=O) groups is 1. The maximum atomic E-state index is 10.9. The van der Waals surface area contributed by atoms with Gasteiger partial charge in [-0.05, 0) is 19.4 Å². The second-order valence-electron chi connectivity index (χ2n) is 2.25. The summed E-state index contributed by atoms with van der Waals surface area (Å²) in [7, 11) is 0. The molecule has 3 N–H and O–H groups in total. The third-order valence-electron chi connectivity index (χ3n) is 1.35. The molecule has 66 valence electrons. The second kappa shape index (κ2) is 7.69. The zero-order valence-electron chi connectivity index (χ0n) is 6.15. The van der Waals surface area contributed by atoms with Crippen molar-refractivity contribution >= 4 is 49.2 Å². The summed E-state index contributed by atoms with van der Waals surface area (Å²) in [5.41, 5.74) is 5.32.